The van der Waals surface area contributed by atoms with Gasteiger partial charge in [-0.2, -0.15) is 0 Å². The third-order valence-electron chi connectivity index (χ3n) is 3.08. The Hall–Kier alpha value is -1.61. The van der Waals surface area contributed by atoms with Gasteiger partial charge in [0, 0.05) is 15.7 Å². The number of halogens is 1. The fourth-order valence-electron chi connectivity index (χ4n) is 1.80. The van der Waals surface area contributed by atoms with Crippen LogP contribution >= 0.6 is 15.9 Å². The lowest BCUT2D eigenvalue weighted by Crippen LogP contribution is -2.13. The number of aryl methyl sites for hydroxylation is 3. The molecule has 2 aromatic carbocycles. The fourth-order valence-corrected chi connectivity index (χ4v) is 2.18. The Balaban J connectivity index is 2.25. The number of carbonyl (C=O) groups is 1. The van der Waals surface area contributed by atoms with Crippen molar-refractivity contribution in [1.82, 2.24) is 0 Å². The monoisotopic (exact) mass is 317 g/mol. The lowest BCUT2D eigenvalue weighted by Gasteiger charge is -2.10. The third-order valence-corrected chi connectivity index (χ3v) is 3.93. The molecule has 2 nitrogen and oxygen atoms in total. The van der Waals surface area contributed by atoms with Crippen LogP contribution in [0.4, 0.5) is 5.69 Å². The molecule has 0 aliphatic heterocycles. The molecule has 0 atom stereocenters. The molecule has 0 unspecified atom stereocenters. The average molecular weight is 318 g/mol. The van der Waals surface area contributed by atoms with E-state index in [0.717, 1.165) is 26.9 Å². The predicted molar refractivity (Wildman–Crippen MR) is 82.7 cm³/mol. The Labute approximate surface area is 122 Å². The first-order valence-electron chi connectivity index (χ1n) is 6.12. The molecule has 0 spiro atoms. The minimum absolute atomic E-state index is 0.0885. The van der Waals surface area contributed by atoms with Gasteiger partial charge in [0.1, 0.15) is 0 Å². The van der Waals surface area contributed by atoms with Gasteiger partial charge in [-0.05, 0) is 55.7 Å². The summed E-state index contributed by atoms with van der Waals surface area (Å²) >= 11 is 3.45. The molecular weight excluding hydrogens is 302 g/mol. The van der Waals surface area contributed by atoms with E-state index in [4.69, 9.17) is 0 Å². The van der Waals surface area contributed by atoms with Gasteiger partial charge in [-0.1, -0.05) is 34.1 Å². The lowest BCUT2D eigenvalue weighted by molar-refractivity contribution is 0.102. The Morgan fingerprint density at radius 3 is 2.37 bits per heavy atom. The van der Waals surface area contributed by atoms with Gasteiger partial charge in [0.25, 0.3) is 5.91 Å². The zero-order valence-electron chi connectivity index (χ0n) is 11.3. The van der Waals surface area contributed by atoms with E-state index in [1.807, 2.05) is 57.2 Å². The quantitative estimate of drug-likeness (QED) is 0.859. The summed E-state index contributed by atoms with van der Waals surface area (Å²) in [5.74, 6) is -0.0885. The summed E-state index contributed by atoms with van der Waals surface area (Å²) in [6.07, 6.45) is 0. The smallest absolute Gasteiger partial charge is 0.255 e. The molecule has 1 amide bonds. The predicted octanol–water partition coefficient (Wildman–Crippen LogP) is 4.63. The zero-order valence-corrected chi connectivity index (χ0v) is 12.8. The van der Waals surface area contributed by atoms with E-state index in [2.05, 4.69) is 21.2 Å². The van der Waals surface area contributed by atoms with Crippen LogP contribution in [0.5, 0.6) is 0 Å². The summed E-state index contributed by atoms with van der Waals surface area (Å²) < 4.78 is 0.945. The SMILES string of the molecule is Cc1ccc(C)c(NC(=O)c2ccc(C)c(Br)c2)c1. The van der Waals surface area contributed by atoms with Gasteiger partial charge < -0.3 is 5.32 Å². The molecule has 0 aliphatic rings. The second-order valence-corrected chi connectivity index (χ2v) is 5.59. The minimum atomic E-state index is -0.0885. The molecule has 1 N–H and O–H groups in total. The highest BCUT2D eigenvalue weighted by Gasteiger charge is 2.09. The van der Waals surface area contributed by atoms with E-state index in [0.29, 0.717) is 5.56 Å². The second-order valence-electron chi connectivity index (χ2n) is 4.74. The first kappa shape index (κ1) is 13.8. The molecule has 0 aromatic heterocycles. The number of anilines is 1. The summed E-state index contributed by atoms with van der Waals surface area (Å²) in [7, 11) is 0. The molecule has 0 saturated carbocycles. The number of hydrogen-bond donors (Lipinski definition) is 1. The molecule has 2 aromatic rings. The molecule has 19 heavy (non-hydrogen) atoms. The van der Waals surface area contributed by atoms with Crippen LogP contribution in [-0.2, 0) is 0 Å². The van der Waals surface area contributed by atoms with Crippen LogP contribution in [0.3, 0.4) is 0 Å². The molecule has 2 rings (SSSR count). The van der Waals surface area contributed by atoms with Crippen molar-refractivity contribution in [3.8, 4) is 0 Å². The highest BCUT2D eigenvalue weighted by atomic mass is 79.9. The molecule has 0 radical (unpaired) electrons. The Bertz CT molecular complexity index is 635. The Morgan fingerprint density at radius 2 is 1.68 bits per heavy atom. The average Bonchev–Trinajstić information content (AvgIpc) is 2.37. The number of nitrogens with one attached hydrogen (secondary N) is 1. The number of benzene rings is 2. The number of hydrogen-bond acceptors (Lipinski definition) is 1. The maximum Gasteiger partial charge on any atom is 0.255 e. The van der Waals surface area contributed by atoms with Crippen molar-refractivity contribution in [3.63, 3.8) is 0 Å². The van der Waals surface area contributed by atoms with E-state index in [1.165, 1.54) is 0 Å². The van der Waals surface area contributed by atoms with Crippen molar-refractivity contribution >= 4 is 27.5 Å². The first-order chi connectivity index (χ1) is 8.97. The van der Waals surface area contributed by atoms with Crippen LogP contribution in [0.1, 0.15) is 27.0 Å². The van der Waals surface area contributed by atoms with Crippen LogP contribution < -0.4 is 5.32 Å². The molecule has 0 heterocycles. The van der Waals surface area contributed by atoms with Crippen LogP contribution in [0.2, 0.25) is 0 Å². The Kier molecular flexibility index (Phi) is 4.05. The fraction of sp³-hybridized carbons (Fsp3) is 0.188. The standard InChI is InChI=1S/C16H16BrNO/c1-10-4-5-12(3)15(8-10)18-16(19)13-7-6-11(2)14(17)9-13/h4-9H,1-3H3,(H,18,19). The van der Waals surface area contributed by atoms with Gasteiger partial charge >= 0.3 is 0 Å². The van der Waals surface area contributed by atoms with Crippen LogP contribution in [-0.4, -0.2) is 5.91 Å². The van der Waals surface area contributed by atoms with Gasteiger partial charge in [0.15, 0.2) is 0 Å². The van der Waals surface area contributed by atoms with Gasteiger partial charge in [-0.15, -0.1) is 0 Å². The molecule has 0 bridgehead atoms. The van der Waals surface area contributed by atoms with E-state index in [9.17, 15) is 4.79 Å². The van der Waals surface area contributed by atoms with Gasteiger partial charge in [0.2, 0.25) is 0 Å². The summed E-state index contributed by atoms with van der Waals surface area (Å²) in [4.78, 5) is 12.2. The number of amides is 1. The highest BCUT2D eigenvalue weighted by Crippen LogP contribution is 2.20. The van der Waals surface area contributed by atoms with Crippen molar-refractivity contribution in [2.24, 2.45) is 0 Å². The Morgan fingerprint density at radius 1 is 1.00 bits per heavy atom. The molecular formula is C16H16BrNO. The minimum Gasteiger partial charge on any atom is -0.322 e. The second kappa shape index (κ2) is 5.57. The number of carbonyl (C=O) groups excluding carboxylic acids is 1. The normalized spacial score (nSPS) is 10.3. The van der Waals surface area contributed by atoms with Gasteiger partial charge in [-0.3, -0.25) is 4.79 Å². The van der Waals surface area contributed by atoms with E-state index < -0.39 is 0 Å². The topological polar surface area (TPSA) is 29.1 Å². The maximum absolute atomic E-state index is 12.2. The molecule has 0 saturated heterocycles. The van der Waals surface area contributed by atoms with Crippen LogP contribution in [0, 0.1) is 20.8 Å². The van der Waals surface area contributed by atoms with Crippen LogP contribution in [0.15, 0.2) is 40.9 Å². The molecule has 0 aliphatic carbocycles. The van der Waals surface area contributed by atoms with Crippen LogP contribution in [0.25, 0.3) is 0 Å². The summed E-state index contributed by atoms with van der Waals surface area (Å²) in [5.41, 5.74) is 4.82. The number of rotatable bonds is 2. The van der Waals surface area contributed by atoms with E-state index in [-0.39, 0.29) is 5.91 Å². The first-order valence-corrected chi connectivity index (χ1v) is 6.91. The van der Waals surface area contributed by atoms with E-state index in [1.54, 1.807) is 0 Å². The van der Waals surface area contributed by atoms with Crippen molar-refractivity contribution in [1.29, 1.82) is 0 Å². The molecule has 98 valence electrons. The zero-order chi connectivity index (χ0) is 14.0. The van der Waals surface area contributed by atoms with E-state index >= 15 is 0 Å². The lowest BCUT2D eigenvalue weighted by atomic mass is 10.1. The molecule has 3 heteroatoms. The largest absolute Gasteiger partial charge is 0.322 e. The summed E-state index contributed by atoms with van der Waals surface area (Å²) in [5, 5.41) is 2.95. The molecule has 0 fully saturated rings. The van der Waals surface area contributed by atoms with Crippen molar-refractivity contribution in [3.05, 3.63) is 63.1 Å². The summed E-state index contributed by atoms with van der Waals surface area (Å²) in [6, 6.07) is 11.6. The highest BCUT2D eigenvalue weighted by molar-refractivity contribution is 9.10. The third kappa shape index (κ3) is 3.24. The van der Waals surface area contributed by atoms with Gasteiger partial charge in [0.05, 0.1) is 0 Å². The van der Waals surface area contributed by atoms with Gasteiger partial charge in [-0.25, -0.2) is 0 Å². The van der Waals surface area contributed by atoms with Crippen molar-refractivity contribution in [2.45, 2.75) is 20.8 Å². The summed E-state index contributed by atoms with van der Waals surface area (Å²) in [6.45, 7) is 5.99. The maximum atomic E-state index is 12.2. The van der Waals surface area contributed by atoms with Crippen molar-refractivity contribution in [2.75, 3.05) is 5.32 Å². The van der Waals surface area contributed by atoms with Crippen molar-refractivity contribution < 1.29 is 4.79 Å².